The van der Waals surface area contributed by atoms with Crippen LogP contribution in [0.3, 0.4) is 0 Å². The van der Waals surface area contributed by atoms with Crippen LogP contribution in [0.4, 0.5) is 8.78 Å². The molecule has 0 unspecified atom stereocenters. The Morgan fingerprint density at radius 3 is 2.38 bits per heavy atom. The van der Waals surface area contributed by atoms with Gasteiger partial charge in [-0.1, -0.05) is 12.1 Å². The molecule has 9 heteroatoms. The van der Waals surface area contributed by atoms with Crippen molar-refractivity contribution in [2.24, 2.45) is 11.7 Å². The number of carbonyl (C=O) groups is 2. The number of nitrogens with two attached hydrogens (primary N) is 1. The SMILES string of the molecule is Cc1cc(-c2ccc(C(=O)N3C[C@H](O)C[C@]3(C)C(N)=O)c(F)c2)ccc1OCC1CCN(CC(C)(C)F)CC1. The number of piperidine rings is 1. The summed E-state index contributed by atoms with van der Waals surface area (Å²) in [6.07, 6.45) is 1.04. The molecule has 2 aliphatic rings. The van der Waals surface area contributed by atoms with Crippen LogP contribution in [0.25, 0.3) is 11.1 Å². The summed E-state index contributed by atoms with van der Waals surface area (Å²) >= 11 is 0. The predicted octanol–water partition coefficient (Wildman–Crippen LogP) is 4.09. The van der Waals surface area contributed by atoms with Gasteiger partial charge in [0.15, 0.2) is 0 Å². The van der Waals surface area contributed by atoms with Gasteiger partial charge in [0.1, 0.15) is 22.8 Å². The van der Waals surface area contributed by atoms with Crippen LogP contribution in [-0.2, 0) is 4.79 Å². The number of ether oxygens (including phenoxy) is 1. The summed E-state index contributed by atoms with van der Waals surface area (Å²) in [5.74, 6) is -0.970. The van der Waals surface area contributed by atoms with Crippen LogP contribution in [-0.4, -0.2) is 76.8 Å². The summed E-state index contributed by atoms with van der Waals surface area (Å²) in [5.41, 5.74) is 5.03. The van der Waals surface area contributed by atoms with Gasteiger partial charge in [0.05, 0.1) is 18.3 Å². The molecular weight excluding hydrogens is 504 g/mol. The van der Waals surface area contributed by atoms with E-state index in [4.69, 9.17) is 10.5 Å². The third-order valence-corrected chi connectivity index (χ3v) is 7.89. The average molecular weight is 544 g/mol. The Morgan fingerprint density at radius 1 is 1.15 bits per heavy atom. The maximum Gasteiger partial charge on any atom is 0.257 e. The van der Waals surface area contributed by atoms with Gasteiger partial charge in [-0.2, -0.15) is 0 Å². The lowest BCUT2D eigenvalue weighted by atomic mass is 9.96. The van der Waals surface area contributed by atoms with E-state index in [0.29, 0.717) is 24.6 Å². The molecular formula is C30H39F2N3O4. The van der Waals surface area contributed by atoms with E-state index in [-0.39, 0.29) is 18.5 Å². The van der Waals surface area contributed by atoms with Gasteiger partial charge in [-0.05, 0) is 100 Å². The normalized spacial score (nSPS) is 22.7. The second-order valence-electron chi connectivity index (χ2n) is 11.8. The highest BCUT2D eigenvalue weighted by Crippen LogP contribution is 2.33. The summed E-state index contributed by atoms with van der Waals surface area (Å²) in [4.78, 5) is 28.4. The molecule has 212 valence electrons. The van der Waals surface area contributed by atoms with Crippen molar-refractivity contribution < 1.29 is 28.2 Å². The number of likely N-dealkylation sites (tertiary alicyclic amines) is 2. The van der Waals surface area contributed by atoms with Crippen LogP contribution in [0.1, 0.15) is 56.0 Å². The second kappa shape index (κ2) is 11.2. The van der Waals surface area contributed by atoms with Crippen molar-refractivity contribution in [3.63, 3.8) is 0 Å². The number of aryl methyl sites for hydroxylation is 1. The summed E-state index contributed by atoms with van der Waals surface area (Å²) in [7, 11) is 0. The van der Waals surface area contributed by atoms with E-state index in [1.807, 2.05) is 25.1 Å². The molecule has 2 fully saturated rings. The number of amides is 2. The second-order valence-corrected chi connectivity index (χ2v) is 11.8. The Balaban J connectivity index is 1.39. The lowest BCUT2D eigenvalue weighted by Gasteiger charge is -2.34. The molecule has 0 spiro atoms. The van der Waals surface area contributed by atoms with Gasteiger partial charge in [-0.3, -0.25) is 9.59 Å². The van der Waals surface area contributed by atoms with E-state index >= 15 is 4.39 Å². The van der Waals surface area contributed by atoms with Gasteiger partial charge in [-0.25, -0.2) is 8.78 Å². The molecule has 2 heterocycles. The van der Waals surface area contributed by atoms with Crippen LogP contribution < -0.4 is 10.5 Å². The molecule has 2 aromatic rings. The number of alkyl halides is 1. The fraction of sp³-hybridized carbons (Fsp3) is 0.533. The number of carbonyl (C=O) groups excluding carboxylic acids is 2. The molecule has 3 N–H and O–H groups in total. The minimum absolute atomic E-state index is 0.0121. The van der Waals surface area contributed by atoms with Gasteiger partial charge in [0, 0.05) is 19.5 Å². The van der Waals surface area contributed by atoms with Crippen LogP contribution in [0.15, 0.2) is 36.4 Å². The molecule has 7 nitrogen and oxygen atoms in total. The Bertz CT molecular complexity index is 1220. The molecule has 0 bridgehead atoms. The summed E-state index contributed by atoms with van der Waals surface area (Å²) in [5, 5.41) is 10.0. The van der Waals surface area contributed by atoms with Crippen LogP contribution >= 0.6 is 0 Å². The maximum atomic E-state index is 15.1. The number of hydrogen-bond acceptors (Lipinski definition) is 5. The van der Waals surface area contributed by atoms with Crippen LogP contribution in [0.2, 0.25) is 0 Å². The first-order valence-corrected chi connectivity index (χ1v) is 13.5. The molecule has 0 saturated carbocycles. The van der Waals surface area contributed by atoms with Crippen molar-refractivity contribution in [1.29, 1.82) is 0 Å². The first kappa shape index (κ1) is 29.0. The number of aliphatic hydroxyl groups is 1. The average Bonchev–Trinajstić information content (AvgIpc) is 3.18. The van der Waals surface area contributed by atoms with E-state index in [0.717, 1.165) is 47.7 Å². The number of rotatable bonds is 8. The zero-order chi connectivity index (χ0) is 28.5. The minimum Gasteiger partial charge on any atom is -0.493 e. The number of hydrogen-bond donors (Lipinski definition) is 2. The number of β-amino-alcohol motifs (C(OH)–C–C–N with tert-alkyl or cyclic N) is 1. The highest BCUT2D eigenvalue weighted by Gasteiger charge is 2.49. The van der Waals surface area contributed by atoms with Gasteiger partial charge in [0.25, 0.3) is 5.91 Å². The van der Waals surface area contributed by atoms with Crippen molar-refractivity contribution in [3.8, 4) is 16.9 Å². The Morgan fingerprint density at radius 2 is 1.79 bits per heavy atom. The van der Waals surface area contributed by atoms with E-state index < -0.39 is 34.9 Å². The largest absolute Gasteiger partial charge is 0.493 e. The van der Waals surface area contributed by atoms with Gasteiger partial charge >= 0.3 is 0 Å². The molecule has 2 saturated heterocycles. The monoisotopic (exact) mass is 543 g/mol. The van der Waals surface area contributed by atoms with Gasteiger partial charge in [-0.15, -0.1) is 0 Å². The molecule has 39 heavy (non-hydrogen) atoms. The summed E-state index contributed by atoms with van der Waals surface area (Å²) in [6.45, 7) is 9.32. The van der Waals surface area contributed by atoms with Crippen molar-refractivity contribution >= 4 is 11.8 Å². The third-order valence-electron chi connectivity index (χ3n) is 7.89. The number of nitrogens with zero attached hydrogens (tertiary/aromatic N) is 2. The Hall–Kier alpha value is -3.04. The van der Waals surface area contributed by atoms with E-state index in [1.54, 1.807) is 19.9 Å². The Kier molecular flexibility index (Phi) is 8.33. The molecule has 0 aliphatic carbocycles. The molecule has 2 aromatic carbocycles. The van der Waals surface area contributed by atoms with Crippen LogP contribution in [0.5, 0.6) is 5.75 Å². The summed E-state index contributed by atoms with van der Waals surface area (Å²) in [6, 6.07) is 9.99. The van der Waals surface area contributed by atoms with E-state index in [1.165, 1.54) is 19.1 Å². The lowest BCUT2D eigenvalue weighted by molar-refractivity contribution is -0.126. The third kappa shape index (κ3) is 6.58. The number of halogens is 2. The lowest BCUT2D eigenvalue weighted by Crippen LogP contribution is -2.54. The number of aliphatic hydroxyl groups excluding tert-OH is 1. The highest BCUT2D eigenvalue weighted by molar-refractivity contribution is 6.00. The molecule has 0 aromatic heterocycles. The number of primary amides is 1. The first-order chi connectivity index (χ1) is 18.3. The number of benzene rings is 2. The zero-order valence-corrected chi connectivity index (χ0v) is 23.2. The van der Waals surface area contributed by atoms with Crippen molar-refractivity contribution in [1.82, 2.24) is 9.80 Å². The fourth-order valence-electron chi connectivity index (χ4n) is 5.64. The van der Waals surface area contributed by atoms with Gasteiger partial charge in [0.2, 0.25) is 5.91 Å². The van der Waals surface area contributed by atoms with E-state index in [2.05, 4.69) is 4.90 Å². The maximum absolute atomic E-state index is 15.1. The highest BCUT2D eigenvalue weighted by atomic mass is 19.1. The predicted molar refractivity (Wildman–Crippen MR) is 146 cm³/mol. The standard InChI is InChI=1S/C30H39F2N3O4/c1-19-13-21(6-8-26(19)39-17-20-9-11-34(12-10-20)18-29(2,3)32)22-5-7-24(25(31)14-22)27(37)35-16-23(36)15-30(35,4)28(33)38/h5-8,13-14,20,23,36H,9-12,15-18H2,1-4H3,(H2,33,38)/t23-,30-/m1/s1. The molecule has 2 aliphatic heterocycles. The molecule has 2 amide bonds. The summed E-state index contributed by atoms with van der Waals surface area (Å²) < 4.78 is 35.2. The fourth-order valence-corrected chi connectivity index (χ4v) is 5.64. The van der Waals surface area contributed by atoms with Crippen molar-refractivity contribution in [2.75, 3.05) is 32.8 Å². The topological polar surface area (TPSA) is 96.1 Å². The molecule has 2 atom stereocenters. The minimum atomic E-state index is -1.38. The quantitative estimate of drug-likeness (QED) is 0.523. The first-order valence-electron chi connectivity index (χ1n) is 13.5. The van der Waals surface area contributed by atoms with Crippen LogP contribution in [0, 0.1) is 18.7 Å². The van der Waals surface area contributed by atoms with E-state index in [9.17, 15) is 19.1 Å². The Labute approximate surface area is 228 Å². The molecule has 4 rings (SSSR count). The zero-order valence-electron chi connectivity index (χ0n) is 23.2. The van der Waals surface area contributed by atoms with Crippen molar-refractivity contribution in [2.45, 2.75) is 64.3 Å². The van der Waals surface area contributed by atoms with Crippen molar-refractivity contribution in [3.05, 3.63) is 53.3 Å². The smallest absolute Gasteiger partial charge is 0.257 e. The van der Waals surface area contributed by atoms with Gasteiger partial charge < -0.3 is 25.4 Å². The molecule has 0 radical (unpaired) electrons.